The fraction of sp³-hybridized carbons (Fsp3) is 0.625. The Bertz CT molecular complexity index is 446. The van der Waals surface area contributed by atoms with Crippen LogP contribution in [0.1, 0.15) is 50.5 Å². The molecule has 0 atom stereocenters. The number of benzene rings is 1. The summed E-state index contributed by atoms with van der Waals surface area (Å²) in [4.78, 5) is 2.40. The lowest BCUT2D eigenvalue weighted by Gasteiger charge is -2.35. The average molecular weight is 260 g/mol. The molecule has 1 saturated heterocycles. The molecule has 0 radical (unpaired) electrons. The van der Waals surface area contributed by atoms with Crippen LogP contribution in [0.5, 0.6) is 5.75 Å². The molecule has 1 aliphatic heterocycles. The Morgan fingerprint density at radius 3 is 2.37 bits per heavy atom. The van der Waals surface area contributed by atoms with Crippen molar-refractivity contribution in [1.29, 1.82) is 0 Å². The zero-order chi connectivity index (χ0) is 13.3. The van der Waals surface area contributed by atoms with E-state index in [0.717, 1.165) is 31.5 Å². The summed E-state index contributed by atoms with van der Waals surface area (Å²) in [6, 6.07) is 5.98. The van der Waals surface area contributed by atoms with E-state index in [1.807, 2.05) is 12.1 Å². The van der Waals surface area contributed by atoms with Crippen molar-refractivity contribution in [2.75, 3.05) is 18.0 Å². The highest BCUT2D eigenvalue weighted by molar-refractivity contribution is 5.55. The molecule has 3 heteroatoms. The third-order valence-electron chi connectivity index (χ3n) is 4.73. The van der Waals surface area contributed by atoms with E-state index < -0.39 is 0 Å². The molecule has 104 valence electrons. The van der Waals surface area contributed by atoms with Gasteiger partial charge in [-0.05, 0) is 43.9 Å². The molecule has 0 bridgehead atoms. The summed E-state index contributed by atoms with van der Waals surface area (Å²) in [7, 11) is 0. The SMILES string of the molecule is NC1(c2cc(N3CCCC3)ccc2O)CCCCC1. The smallest absolute Gasteiger partial charge is 0.120 e. The minimum atomic E-state index is -0.321. The van der Waals surface area contributed by atoms with Gasteiger partial charge in [0.2, 0.25) is 0 Å². The van der Waals surface area contributed by atoms with Gasteiger partial charge in [0.1, 0.15) is 5.75 Å². The van der Waals surface area contributed by atoms with E-state index in [2.05, 4.69) is 11.0 Å². The molecule has 0 aromatic heterocycles. The molecule has 0 amide bonds. The van der Waals surface area contributed by atoms with Crippen LogP contribution in [0.2, 0.25) is 0 Å². The molecule has 3 nitrogen and oxygen atoms in total. The van der Waals surface area contributed by atoms with Crippen LogP contribution in [0.25, 0.3) is 0 Å². The van der Waals surface area contributed by atoms with Gasteiger partial charge in [-0.25, -0.2) is 0 Å². The number of phenolic OH excluding ortho intramolecular Hbond substituents is 1. The van der Waals surface area contributed by atoms with E-state index in [1.54, 1.807) is 0 Å². The zero-order valence-electron chi connectivity index (χ0n) is 11.6. The number of phenols is 1. The Hall–Kier alpha value is -1.22. The molecule has 2 aliphatic rings. The van der Waals surface area contributed by atoms with Gasteiger partial charge in [0.15, 0.2) is 0 Å². The Kier molecular flexibility index (Phi) is 3.40. The maximum atomic E-state index is 10.2. The van der Waals surface area contributed by atoms with Gasteiger partial charge in [-0.3, -0.25) is 0 Å². The van der Waals surface area contributed by atoms with E-state index in [0.29, 0.717) is 5.75 Å². The van der Waals surface area contributed by atoms with E-state index in [1.165, 1.54) is 37.8 Å². The van der Waals surface area contributed by atoms with Crippen molar-refractivity contribution in [1.82, 2.24) is 0 Å². The molecule has 2 fully saturated rings. The maximum Gasteiger partial charge on any atom is 0.120 e. The standard InChI is InChI=1S/C16H24N2O/c17-16(8-2-1-3-9-16)14-12-13(6-7-15(14)19)18-10-4-5-11-18/h6-7,12,19H,1-5,8-11,17H2. The summed E-state index contributed by atoms with van der Waals surface area (Å²) >= 11 is 0. The topological polar surface area (TPSA) is 49.5 Å². The van der Waals surface area contributed by atoms with Crippen LogP contribution in [0.4, 0.5) is 5.69 Å². The van der Waals surface area contributed by atoms with Crippen LogP contribution in [-0.4, -0.2) is 18.2 Å². The highest BCUT2D eigenvalue weighted by atomic mass is 16.3. The first kappa shape index (κ1) is 12.8. The van der Waals surface area contributed by atoms with Crippen LogP contribution in [-0.2, 0) is 5.54 Å². The minimum Gasteiger partial charge on any atom is -0.508 e. The quantitative estimate of drug-likeness (QED) is 0.859. The maximum absolute atomic E-state index is 10.2. The van der Waals surface area contributed by atoms with Crippen LogP contribution in [0.3, 0.4) is 0 Å². The molecule has 3 N–H and O–H groups in total. The number of hydrogen-bond acceptors (Lipinski definition) is 3. The van der Waals surface area contributed by atoms with Crippen molar-refractivity contribution in [2.45, 2.75) is 50.5 Å². The van der Waals surface area contributed by atoms with E-state index in [-0.39, 0.29) is 5.54 Å². The summed E-state index contributed by atoms with van der Waals surface area (Å²) in [6.45, 7) is 2.25. The minimum absolute atomic E-state index is 0.321. The van der Waals surface area contributed by atoms with Crippen LogP contribution in [0.15, 0.2) is 18.2 Å². The molecule has 0 unspecified atom stereocenters. The molecular formula is C16H24N2O. The molecular weight excluding hydrogens is 236 g/mol. The number of aromatic hydroxyl groups is 1. The van der Waals surface area contributed by atoms with Crippen molar-refractivity contribution < 1.29 is 5.11 Å². The summed E-state index contributed by atoms with van der Waals surface area (Å²) in [5.41, 5.74) is 8.43. The Morgan fingerprint density at radius 2 is 1.68 bits per heavy atom. The van der Waals surface area contributed by atoms with Crippen molar-refractivity contribution in [3.05, 3.63) is 23.8 Å². The Labute approximate surface area is 115 Å². The lowest BCUT2D eigenvalue weighted by Crippen LogP contribution is -2.38. The van der Waals surface area contributed by atoms with E-state index in [9.17, 15) is 5.11 Å². The summed E-state index contributed by atoms with van der Waals surface area (Å²) < 4.78 is 0. The second-order valence-electron chi connectivity index (χ2n) is 6.11. The summed E-state index contributed by atoms with van der Waals surface area (Å²) in [5.74, 6) is 0.368. The van der Waals surface area contributed by atoms with E-state index >= 15 is 0 Å². The zero-order valence-corrected chi connectivity index (χ0v) is 11.6. The lowest BCUT2D eigenvalue weighted by atomic mass is 9.77. The molecule has 1 saturated carbocycles. The lowest BCUT2D eigenvalue weighted by molar-refractivity contribution is 0.292. The monoisotopic (exact) mass is 260 g/mol. The number of anilines is 1. The number of nitrogens with zero attached hydrogens (tertiary/aromatic N) is 1. The summed E-state index contributed by atoms with van der Waals surface area (Å²) in [5, 5.41) is 10.2. The second-order valence-corrected chi connectivity index (χ2v) is 6.11. The van der Waals surface area contributed by atoms with Crippen LogP contribution < -0.4 is 10.6 Å². The van der Waals surface area contributed by atoms with Crippen molar-refractivity contribution in [3.63, 3.8) is 0 Å². The molecule has 1 aliphatic carbocycles. The fourth-order valence-electron chi connectivity index (χ4n) is 3.55. The molecule has 19 heavy (non-hydrogen) atoms. The largest absolute Gasteiger partial charge is 0.508 e. The first-order valence-corrected chi connectivity index (χ1v) is 7.56. The third kappa shape index (κ3) is 2.44. The first-order valence-electron chi connectivity index (χ1n) is 7.56. The van der Waals surface area contributed by atoms with Crippen molar-refractivity contribution >= 4 is 5.69 Å². The molecule has 3 rings (SSSR count). The fourth-order valence-corrected chi connectivity index (χ4v) is 3.55. The first-order chi connectivity index (χ1) is 9.19. The van der Waals surface area contributed by atoms with Gasteiger partial charge >= 0.3 is 0 Å². The highest BCUT2D eigenvalue weighted by Gasteiger charge is 2.32. The van der Waals surface area contributed by atoms with Gasteiger partial charge in [0.25, 0.3) is 0 Å². The van der Waals surface area contributed by atoms with Gasteiger partial charge < -0.3 is 15.7 Å². The second kappa shape index (κ2) is 5.04. The predicted molar refractivity (Wildman–Crippen MR) is 78.5 cm³/mol. The van der Waals surface area contributed by atoms with Gasteiger partial charge in [-0.2, -0.15) is 0 Å². The molecule has 1 aromatic rings. The summed E-state index contributed by atoms with van der Waals surface area (Å²) in [6.07, 6.45) is 8.13. The average Bonchev–Trinajstić information content (AvgIpc) is 2.94. The number of rotatable bonds is 2. The Balaban J connectivity index is 1.92. The van der Waals surface area contributed by atoms with Gasteiger partial charge in [-0.1, -0.05) is 19.3 Å². The molecule has 1 heterocycles. The number of nitrogens with two attached hydrogens (primary N) is 1. The van der Waals surface area contributed by atoms with Crippen molar-refractivity contribution in [3.8, 4) is 5.75 Å². The Morgan fingerprint density at radius 1 is 1.00 bits per heavy atom. The predicted octanol–water partition coefficient (Wildman–Crippen LogP) is 3.11. The van der Waals surface area contributed by atoms with Gasteiger partial charge in [-0.15, -0.1) is 0 Å². The van der Waals surface area contributed by atoms with Gasteiger partial charge in [0, 0.05) is 29.9 Å². The normalized spacial score (nSPS) is 22.7. The van der Waals surface area contributed by atoms with E-state index in [4.69, 9.17) is 5.73 Å². The molecule has 0 spiro atoms. The number of hydrogen-bond donors (Lipinski definition) is 2. The van der Waals surface area contributed by atoms with Crippen LogP contribution >= 0.6 is 0 Å². The molecule has 1 aromatic carbocycles. The van der Waals surface area contributed by atoms with Crippen LogP contribution in [0, 0.1) is 0 Å². The highest BCUT2D eigenvalue weighted by Crippen LogP contribution is 2.40. The third-order valence-corrected chi connectivity index (χ3v) is 4.73. The van der Waals surface area contributed by atoms with Crippen molar-refractivity contribution in [2.24, 2.45) is 5.73 Å². The van der Waals surface area contributed by atoms with Gasteiger partial charge in [0.05, 0.1) is 0 Å².